The molecule has 1 aromatic rings. The minimum atomic E-state index is -1.46. The van der Waals surface area contributed by atoms with E-state index in [4.69, 9.17) is 10.0 Å². The summed E-state index contributed by atoms with van der Waals surface area (Å²) in [6.45, 7) is 0. The average Bonchev–Trinajstić information content (AvgIpc) is 2.10. The summed E-state index contributed by atoms with van der Waals surface area (Å²) in [4.78, 5) is 0. The minimum Gasteiger partial charge on any atom is -0.423 e. The van der Waals surface area contributed by atoms with Crippen LogP contribution in [0.3, 0.4) is 0 Å². The number of hydrogen-bond acceptors (Lipinski definition) is 3. The lowest BCUT2D eigenvalue weighted by atomic mass is 9.83. The Morgan fingerprint density at radius 2 is 2.30 bits per heavy atom. The van der Waals surface area contributed by atoms with Crippen LogP contribution in [0.2, 0.25) is 0 Å². The number of halogens is 1. The largest absolute Gasteiger partial charge is 0.492 e. The van der Waals surface area contributed by atoms with Gasteiger partial charge in [0.1, 0.15) is 4.60 Å². The third-order valence-electron chi connectivity index (χ3n) is 1.09. The summed E-state index contributed by atoms with van der Waals surface area (Å²) >= 11 is 3.07. The monoisotopic (exact) mass is 204 g/mol. The first kappa shape index (κ1) is 7.78. The van der Waals surface area contributed by atoms with Gasteiger partial charge in [0.2, 0.25) is 0 Å². The molecule has 0 aliphatic rings. The Morgan fingerprint density at radius 3 is 2.50 bits per heavy atom. The molecule has 10 heavy (non-hydrogen) atoms. The minimum absolute atomic E-state index is 0.377. The number of aromatic nitrogens is 2. The van der Waals surface area contributed by atoms with Crippen molar-refractivity contribution in [3.63, 3.8) is 0 Å². The summed E-state index contributed by atoms with van der Waals surface area (Å²) < 4.78 is 1.96. The highest BCUT2D eigenvalue weighted by Crippen LogP contribution is 2.00. The van der Waals surface area contributed by atoms with Gasteiger partial charge < -0.3 is 10.0 Å². The molecule has 0 aliphatic carbocycles. The second kappa shape index (κ2) is 2.73. The van der Waals surface area contributed by atoms with Gasteiger partial charge in [0, 0.05) is 18.7 Å². The molecule has 0 bridgehead atoms. The highest BCUT2D eigenvalue weighted by Gasteiger charge is 2.17. The van der Waals surface area contributed by atoms with E-state index in [1.54, 1.807) is 7.05 Å². The summed E-state index contributed by atoms with van der Waals surface area (Å²) in [6, 6.07) is 0. The molecule has 0 spiro atoms. The Kier molecular flexibility index (Phi) is 2.13. The van der Waals surface area contributed by atoms with E-state index in [0.29, 0.717) is 10.1 Å². The van der Waals surface area contributed by atoms with Gasteiger partial charge in [-0.3, -0.25) is 4.68 Å². The molecule has 0 amide bonds. The van der Waals surface area contributed by atoms with Crippen molar-refractivity contribution in [1.82, 2.24) is 9.78 Å². The number of hydrogen-bond donors (Lipinski definition) is 2. The average molecular weight is 205 g/mol. The molecule has 0 unspecified atom stereocenters. The second-order valence-electron chi connectivity index (χ2n) is 1.92. The lowest BCUT2D eigenvalue weighted by molar-refractivity contribution is 0.425. The summed E-state index contributed by atoms with van der Waals surface area (Å²) in [7, 11) is 0.250. The molecular weight excluding hydrogens is 199 g/mol. The Morgan fingerprint density at radius 1 is 1.70 bits per heavy atom. The Balaban J connectivity index is 3.03. The van der Waals surface area contributed by atoms with Crippen molar-refractivity contribution in [2.45, 2.75) is 0 Å². The fraction of sp³-hybridized carbons (Fsp3) is 0.250. The van der Waals surface area contributed by atoms with Crippen molar-refractivity contribution in [2.75, 3.05) is 0 Å². The standard InChI is InChI=1S/C4H6BBrN2O2/c1-8-2-3(5(9)10)4(6)7-8/h2,9-10H,1H3. The molecule has 0 fully saturated rings. The van der Waals surface area contributed by atoms with Crippen LogP contribution in [-0.4, -0.2) is 26.9 Å². The number of nitrogens with zero attached hydrogens (tertiary/aromatic N) is 2. The van der Waals surface area contributed by atoms with Gasteiger partial charge in [0.25, 0.3) is 0 Å². The van der Waals surface area contributed by atoms with Gasteiger partial charge in [-0.25, -0.2) is 0 Å². The molecule has 2 N–H and O–H groups in total. The van der Waals surface area contributed by atoms with Crippen LogP contribution in [0.5, 0.6) is 0 Å². The molecule has 4 nitrogen and oxygen atoms in total. The zero-order chi connectivity index (χ0) is 7.72. The third-order valence-corrected chi connectivity index (χ3v) is 1.70. The van der Waals surface area contributed by atoms with E-state index in [-0.39, 0.29) is 0 Å². The van der Waals surface area contributed by atoms with E-state index in [9.17, 15) is 0 Å². The van der Waals surface area contributed by atoms with E-state index in [2.05, 4.69) is 21.0 Å². The van der Waals surface area contributed by atoms with Crippen LogP contribution in [-0.2, 0) is 7.05 Å². The van der Waals surface area contributed by atoms with Gasteiger partial charge in [0.15, 0.2) is 0 Å². The zero-order valence-electron chi connectivity index (χ0n) is 5.32. The summed E-state index contributed by atoms with van der Waals surface area (Å²) in [5.74, 6) is 0. The third kappa shape index (κ3) is 1.39. The molecule has 0 aromatic carbocycles. The molecule has 0 saturated heterocycles. The molecule has 6 heteroatoms. The maximum Gasteiger partial charge on any atom is 0.492 e. The Labute approximate surface area is 66.8 Å². The summed E-state index contributed by atoms with van der Waals surface area (Å²) in [6.07, 6.45) is 1.54. The van der Waals surface area contributed by atoms with Crippen LogP contribution in [0.15, 0.2) is 10.8 Å². The van der Waals surface area contributed by atoms with E-state index >= 15 is 0 Å². The Hall–Kier alpha value is -0.325. The molecule has 0 aliphatic heterocycles. The van der Waals surface area contributed by atoms with Gasteiger partial charge >= 0.3 is 7.12 Å². The maximum atomic E-state index is 8.69. The van der Waals surface area contributed by atoms with Crippen molar-refractivity contribution in [2.24, 2.45) is 7.05 Å². The molecule has 0 radical (unpaired) electrons. The fourth-order valence-electron chi connectivity index (χ4n) is 0.653. The molecule has 1 aromatic heterocycles. The van der Waals surface area contributed by atoms with Gasteiger partial charge in [0.05, 0.1) is 0 Å². The fourth-order valence-corrected chi connectivity index (χ4v) is 1.21. The number of rotatable bonds is 1. The lowest BCUT2D eigenvalue weighted by Crippen LogP contribution is -2.29. The number of aryl methyl sites for hydroxylation is 1. The topological polar surface area (TPSA) is 58.3 Å². The molecule has 54 valence electrons. The predicted octanol–water partition coefficient (Wildman–Crippen LogP) is -1.14. The van der Waals surface area contributed by atoms with E-state index < -0.39 is 7.12 Å². The normalized spacial score (nSPS) is 10.0. The van der Waals surface area contributed by atoms with Crippen molar-refractivity contribution in [3.8, 4) is 0 Å². The van der Waals surface area contributed by atoms with Crippen molar-refractivity contribution >= 4 is 28.5 Å². The van der Waals surface area contributed by atoms with Crippen LogP contribution in [0.4, 0.5) is 0 Å². The van der Waals surface area contributed by atoms with Crippen molar-refractivity contribution in [3.05, 3.63) is 10.8 Å². The highest BCUT2D eigenvalue weighted by atomic mass is 79.9. The first-order valence-corrected chi connectivity index (χ1v) is 3.45. The van der Waals surface area contributed by atoms with E-state index in [1.807, 2.05) is 0 Å². The van der Waals surface area contributed by atoms with Crippen LogP contribution in [0.25, 0.3) is 0 Å². The maximum absolute atomic E-state index is 8.69. The lowest BCUT2D eigenvalue weighted by Gasteiger charge is -1.90. The van der Waals surface area contributed by atoms with Crippen LogP contribution < -0.4 is 5.46 Å². The van der Waals surface area contributed by atoms with Gasteiger partial charge in [-0.2, -0.15) is 5.10 Å². The zero-order valence-corrected chi connectivity index (χ0v) is 6.91. The summed E-state index contributed by atoms with van der Waals surface area (Å²) in [5, 5.41) is 21.2. The van der Waals surface area contributed by atoms with E-state index in [1.165, 1.54) is 10.9 Å². The van der Waals surface area contributed by atoms with Crippen molar-refractivity contribution in [1.29, 1.82) is 0 Å². The highest BCUT2D eigenvalue weighted by molar-refractivity contribution is 9.10. The second-order valence-corrected chi connectivity index (χ2v) is 2.67. The predicted molar refractivity (Wildman–Crippen MR) is 40.7 cm³/mol. The van der Waals surface area contributed by atoms with Crippen LogP contribution >= 0.6 is 15.9 Å². The van der Waals surface area contributed by atoms with Gasteiger partial charge in [-0.1, -0.05) is 0 Å². The molecule has 1 heterocycles. The smallest absolute Gasteiger partial charge is 0.423 e. The molecular formula is C4H6BBrN2O2. The first-order chi connectivity index (χ1) is 4.61. The van der Waals surface area contributed by atoms with Gasteiger partial charge in [-0.15, -0.1) is 0 Å². The molecule has 0 atom stereocenters. The first-order valence-electron chi connectivity index (χ1n) is 2.66. The van der Waals surface area contributed by atoms with Gasteiger partial charge in [-0.05, 0) is 15.9 Å². The molecule has 0 saturated carbocycles. The van der Waals surface area contributed by atoms with Crippen LogP contribution in [0.1, 0.15) is 0 Å². The Bertz CT molecular complexity index is 237. The van der Waals surface area contributed by atoms with E-state index in [0.717, 1.165) is 0 Å². The van der Waals surface area contributed by atoms with Crippen LogP contribution in [0, 0.1) is 0 Å². The summed E-state index contributed by atoms with van der Waals surface area (Å²) in [5.41, 5.74) is 0.377. The molecule has 1 rings (SSSR count). The quantitative estimate of drug-likeness (QED) is 0.569. The SMILES string of the molecule is Cn1cc(B(O)O)c(Br)n1. The van der Waals surface area contributed by atoms with Crippen molar-refractivity contribution < 1.29 is 10.0 Å².